The fourth-order valence-corrected chi connectivity index (χ4v) is 2.24. The Labute approximate surface area is 110 Å². The number of ether oxygens (including phenoxy) is 1. The second-order valence-corrected chi connectivity index (χ2v) is 5.04. The molecule has 1 aromatic rings. The van der Waals surface area contributed by atoms with Gasteiger partial charge in [-0.1, -0.05) is 24.3 Å². The highest BCUT2D eigenvalue weighted by atomic mass is 16.5. The highest BCUT2D eigenvalue weighted by Gasteiger charge is 2.28. The third-order valence-corrected chi connectivity index (χ3v) is 3.44. The highest BCUT2D eigenvalue weighted by Crippen LogP contribution is 2.28. The van der Waals surface area contributed by atoms with Crippen LogP contribution >= 0.6 is 0 Å². The molecule has 0 heterocycles. The predicted molar refractivity (Wildman–Crippen MR) is 74.5 cm³/mol. The molecule has 18 heavy (non-hydrogen) atoms. The van der Waals surface area contributed by atoms with Crippen molar-refractivity contribution in [2.45, 2.75) is 32.0 Å². The average molecular weight is 248 g/mol. The normalized spacial score (nSPS) is 15.3. The molecule has 0 bridgehead atoms. The minimum atomic E-state index is 0.789. The summed E-state index contributed by atoms with van der Waals surface area (Å²) in [6.07, 6.45) is 2.70. The molecule has 2 rings (SSSR count). The molecular weight excluding hydrogens is 224 g/mol. The van der Waals surface area contributed by atoms with Gasteiger partial charge in [0.05, 0.1) is 6.61 Å². The molecule has 1 aliphatic carbocycles. The van der Waals surface area contributed by atoms with Gasteiger partial charge in [0, 0.05) is 32.8 Å². The molecule has 3 heteroatoms. The Kier molecular flexibility index (Phi) is 5.17. The minimum Gasteiger partial charge on any atom is -0.383 e. The van der Waals surface area contributed by atoms with E-state index in [-0.39, 0.29) is 0 Å². The highest BCUT2D eigenvalue weighted by molar-refractivity contribution is 5.22. The zero-order chi connectivity index (χ0) is 12.8. The van der Waals surface area contributed by atoms with Crippen LogP contribution < -0.4 is 5.32 Å². The molecule has 1 saturated carbocycles. The summed E-state index contributed by atoms with van der Waals surface area (Å²) in [6, 6.07) is 9.71. The van der Waals surface area contributed by atoms with Crippen molar-refractivity contribution in [2.24, 2.45) is 0 Å². The van der Waals surface area contributed by atoms with Crippen LogP contribution in [0.15, 0.2) is 24.3 Å². The van der Waals surface area contributed by atoms with E-state index in [1.165, 1.54) is 24.0 Å². The van der Waals surface area contributed by atoms with E-state index in [4.69, 9.17) is 4.74 Å². The molecule has 0 radical (unpaired) electrons. The number of benzene rings is 1. The molecule has 0 unspecified atom stereocenters. The molecule has 1 fully saturated rings. The second-order valence-electron chi connectivity index (χ2n) is 5.04. The third kappa shape index (κ3) is 4.09. The third-order valence-electron chi connectivity index (χ3n) is 3.44. The lowest BCUT2D eigenvalue weighted by atomic mass is 10.1. The lowest BCUT2D eigenvalue weighted by molar-refractivity contribution is 0.139. The van der Waals surface area contributed by atoms with E-state index in [0.29, 0.717) is 0 Å². The first kappa shape index (κ1) is 13.5. The number of methoxy groups -OCH3 is 1. The van der Waals surface area contributed by atoms with Gasteiger partial charge in [-0.25, -0.2) is 0 Å². The van der Waals surface area contributed by atoms with Crippen LogP contribution in [-0.4, -0.2) is 38.3 Å². The first-order valence-electron chi connectivity index (χ1n) is 6.79. The van der Waals surface area contributed by atoms with Crippen LogP contribution in [0.2, 0.25) is 0 Å². The Morgan fingerprint density at radius 3 is 2.44 bits per heavy atom. The quantitative estimate of drug-likeness (QED) is 0.761. The molecule has 0 aromatic heterocycles. The number of nitrogens with zero attached hydrogens (tertiary/aromatic N) is 1. The summed E-state index contributed by atoms with van der Waals surface area (Å²) < 4.78 is 5.19. The number of hydrogen-bond donors (Lipinski definition) is 1. The molecule has 1 N–H and O–H groups in total. The summed E-state index contributed by atoms with van der Waals surface area (Å²) in [7, 11) is 3.76. The van der Waals surface area contributed by atoms with E-state index < -0.39 is 0 Å². The van der Waals surface area contributed by atoms with E-state index in [0.717, 1.165) is 32.3 Å². The van der Waals surface area contributed by atoms with E-state index in [9.17, 15) is 0 Å². The molecule has 0 aliphatic heterocycles. The standard InChI is InChI=1S/C15H24N2O/c1-16-11-13-3-5-14(6-4-13)12-17(9-10-18-2)15-7-8-15/h3-6,15-16H,7-12H2,1-2H3. The molecule has 1 aliphatic rings. The van der Waals surface area contributed by atoms with Gasteiger partial charge >= 0.3 is 0 Å². The molecule has 0 amide bonds. The van der Waals surface area contributed by atoms with Crippen LogP contribution in [-0.2, 0) is 17.8 Å². The predicted octanol–water partition coefficient (Wildman–Crippen LogP) is 2.02. The minimum absolute atomic E-state index is 0.789. The van der Waals surface area contributed by atoms with Crippen LogP contribution in [0.3, 0.4) is 0 Å². The van der Waals surface area contributed by atoms with Gasteiger partial charge in [-0.3, -0.25) is 4.90 Å². The first-order chi connectivity index (χ1) is 8.83. The molecule has 3 nitrogen and oxygen atoms in total. The first-order valence-corrected chi connectivity index (χ1v) is 6.79. The number of rotatable bonds is 8. The monoisotopic (exact) mass is 248 g/mol. The van der Waals surface area contributed by atoms with Gasteiger partial charge in [-0.15, -0.1) is 0 Å². The summed E-state index contributed by atoms with van der Waals surface area (Å²) >= 11 is 0. The van der Waals surface area contributed by atoms with Crippen molar-refractivity contribution in [1.29, 1.82) is 0 Å². The summed E-state index contributed by atoms with van der Waals surface area (Å²) in [6.45, 7) is 3.86. The van der Waals surface area contributed by atoms with Gasteiger partial charge in [0.15, 0.2) is 0 Å². The summed E-state index contributed by atoms with van der Waals surface area (Å²) in [5, 5.41) is 3.17. The van der Waals surface area contributed by atoms with Crippen LogP contribution in [0.5, 0.6) is 0 Å². The largest absolute Gasteiger partial charge is 0.383 e. The van der Waals surface area contributed by atoms with Gasteiger partial charge in [-0.05, 0) is 31.0 Å². The maximum Gasteiger partial charge on any atom is 0.0589 e. The van der Waals surface area contributed by atoms with Crippen molar-refractivity contribution in [3.63, 3.8) is 0 Å². The maximum absolute atomic E-state index is 5.19. The van der Waals surface area contributed by atoms with E-state index in [2.05, 4.69) is 34.5 Å². The van der Waals surface area contributed by atoms with Gasteiger partial charge in [0.2, 0.25) is 0 Å². The number of nitrogens with one attached hydrogen (secondary N) is 1. The van der Waals surface area contributed by atoms with Crippen molar-refractivity contribution in [3.05, 3.63) is 35.4 Å². The van der Waals surface area contributed by atoms with Crippen molar-refractivity contribution in [1.82, 2.24) is 10.2 Å². The number of hydrogen-bond acceptors (Lipinski definition) is 3. The lowest BCUT2D eigenvalue weighted by Crippen LogP contribution is -2.29. The fraction of sp³-hybridized carbons (Fsp3) is 0.600. The van der Waals surface area contributed by atoms with Crippen molar-refractivity contribution in [2.75, 3.05) is 27.3 Å². The molecule has 0 spiro atoms. The second kappa shape index (κ2) is 6.88. The molecule has 0 saturated heterocycles. The van der Waals surface area contributed by atoms with E-state index in [1.54, 1.807) is 7.11 Å². The van der Waals surface area contributed by atoms with Crippen LogP contribution in [0.25, 0.3) is 0 Å². The summed E-state index contributed by atoms with van der Waals surface area (Å²) in [4.78, 5) is 2.54. The van der Waals surface area contributed by atoms with Gasteiger partial charge in [-0.2, -0.15) is 0 Å². The van der Waals surface area contributed by atoms with Gasteiger partial charge in [0.1, 0.15) is 0 Å². The van der Waals surface area contributed by atoms with Crippen LogP contribution in [0.4, 0.5) is 0 Å². The topological polar surface area (TPSA) is 24.5 Å². The molecule has 100 valence electrons. The SMILES string of the molecule is CNCc1ccc(CN(CCOC)C2CC2)cc1. The molecule has 1 aromatic carbocycles. The maximum atomic E-state index is 5.19. The zero-order valence-electron chi connectivity index (χ0n) is 11.5. The zero-order valence-corrected chi connectivity index (χ0v) is 11.5. The smallest absolute Gasteiger partial charge is 0.0589 e. The average Bonchev–Trinajstić information content (AvgIpc) is 3.21. The summed E-state index contributed by atoms with van der Waals surface area (Å²) in [5.74, 6) is 0. The Balaban J connectivity index is 1.89. The van der Waals surface area contributed by atoms with Crippen LogP contribution in [0, 0.1) is 0 Å². The Morgan fingerprint density at radius 2 is 1.89 bits per heavy atom. The molecular formula is C15H24N2O. The molecule has 0 atom stereocenters. The van der Waals surface area contributed by atoms with Crippen molar-refractivity contribution in [3.8, 4) is 0 Å². The fourth-order valence-electron chi connectivity index (χ4n) is 2.24. The van der Waals surface area contributed by atoms with Gasteiger partial charge < -0.3 is 10.1 Å². The lowest BCUT2D eigenvalue weighted by Gasteiger charge is -2.21. The van der Waals surface area contributed by atoms with Crippen LogP contribution in [0.1, 0.15) is 24.0 Å². The summed E-state index contributed by atoms with van der Waals surface area (Å²) in [5.41, 5.74) is 2.74. The van der Waals surface area contributed by atoms with E-state index >= 15 is 0 Å². The Hall–Kier alpha value is -0.900. The Morgan fingerprint density at radius 1 is 1.22 bits per heavy atom. The van der Waals surface area contributed by atoms with Gasteiger partial charge in [0.25, 0.3) is 0 Å². The van der Waals surface area contributed by atoms with Crippen molar-refractivity contribution < 1.29 is 4.74 Å². The van der Waals surface area contributed by atoms with Crippen molar-refractivity contribution >= 4 is 0 Å². The van der Waals surface area contributed by atoms with E-state index in [1.807, 2.05) is 7.05 Å². The Bertz CT molecular complexity index is 346.